The first kappa shape index (κ1) is 22.3. The Morgan fingerprint density at radius 3 is 2.78 bits per heavy atom. The lowest BCUT2D eigenvalue weighted by molar-refractivity contribution is -0.119. The molecule has 9 heteroatoms. The lowest BCUT2D eigenvalue weighted by atomic mass is 10.1. The fraction of sp³-hybridized carbons (Fsp3) is 0.391. The monoisotopic (exact) mass is 457 g/mol. The molecule has 0 aliphatic carbocycles. The largest absolute Gasteiger partial charge is 0.482 e. The van der Waals surface area contributed by atoms with Crippen molar-refractivity contribution in [3.05, 3.63) is 47.0 Å². The predicted molar refractivity (Wildman–Crippen MR) is 121 cm³/mol. The molecule has 2 heterocycles. The van der Waals surface area contributed by atoms with E-state index in [9.17, 15) is 18.0 Å². The van der Waals surface area contributed by atoms with Crippen LogP contribution >= 0.6 is 0 Å². The average Bonchev–Trinajstić information content (AvgIpc) is 3.25. The number of rotatable bonds is 5. The first-order valence-electron chi connectivity index (χ1n) is 10.7. The van der Waals surface area contributed by atoms with Gasteiger partial charge in [-0.25, -0.2) is 8.42 Å². The van der Waals surface area contributed by atoms with Gasteiger partial charge in [-0.3, -0.25) is 9.59 Å². The van der Waals surface area contributed by atoms with Gasteiger partial charge in [0.2, 0.25) is 15.9 Å². The van der Waals surface area contributed by atoms with Gasteiger partial charge in [-0.15, -0.1) is 0 Å². The number of ether oxygens (including phenoxy) is 1. The molecular formula is C23H27N3O5S. The molecule has 1 atom stereocenters. The summed E-state index contributed by atoms with van der Waals surface area (Å²) in [6.07, 6.45) is 1.81. The number of hydrogen-bond acceptors (Lipinski definition) is 5. The molecule has 0 unspecified atom stereocenters. The molecule has 4 rings (SSSR count). The summed E-state index contributed by atoms with van der Waals surface area (Å²) < 4.78 is 33.8. The van der Waals surface area contributed by atoms with E-state index in [0.29, 0.717) is 29.8 Å². The molecule has 170 valence electrons. The third-order valence-electron chi connectivity index (χ3n) is 5.99. The number of fused-ring (bicyclic) bond motifs is 1. The molecule has 2 N–H and O–H groups in total. The van der Waals surface area contributed by atoms with E-state index in [1.165, 1.54) is 10.4 Å². The van der Waals surface area contributed by atoms with Crippen molar-refractivity contribution in [3.63, 3.8) is 0 Å². The van der Waals surface area contributed by atoms with Crippen LogP contribution in [0, 0.1) is 13.8 Å². The maximum atomic E-state index is 13.6. The lowest BCUT2D eigenvalue weighted by Gasteiger charge is -2.26. The maximum Gasteiger partial charge on any atom is 0.262 e. The van der Waals surface area contributed by atoms with Crippen LogP contribution in [0.25, 0.3) is 0 Å². The lowest BCUT2D eigenvalue weighted by Crippen LogP contribution is -2.43. The fourth-order valence-corrected chi connectivity index (χ4v) is 6.20. The minimum absolute atomic E-state index is 0.0808. The summed E-state index contributed by atoms with van der Waals surface area (Å²) in [5.74, 6) is -0.304. The standard InChI is InChI=1S/C23H27N3O5S/c1-4-16-8-5-7-14(2)22(16)25-23(28)18-9-6-10-26(18)32(29,30)20-12-19-17(11-15(20)3)24-21(27)13-31-19/h5,7-8,11-12,18H,4,6,9-10,13H2,1-3H3,(H,24,27)(H,25,28)/t18-/m0/s1. The molecule has 2 aliphatic rings. The second kappa shape index (κ2) is 8.55. The van der Waals surface area contributed by atoms with Crippen molar-refractivity contribution in [1.82, 2.24) is 4.31 Å². The number of nitrogens with zero attached hydrogens (tertiary/aromatic N) is 1. The summed E-state index contributed by atoms with van der Waals surface area (Å²) in [4.78, 5) is 24.8. The number of benzene rings is 2. The highest BCUT2D eigenvalue weighted by Gasteiger charge is 2.40. The molecule has 0 radical (unpaired) electrons. The Balaban J connectivity index is 1.63. The van der Waals surface area contributed by atoms with Crippen LogP contribution in [-0.2, 0) is 26.0 Å². The molecule has 2 aromatic rings. The molecule has 8 nitrogen and oxygen atoms in total. The van der Waals surface area contributed by atoms with Gasteiger partial charge < -0.3 is 15.4 Å². The summed E-state index contributed by atoms with van der Waals surface area (Å²) in [5, 5.41) is 5.66. The molecule has 0 bridgehead atoms. The molecule has 2 aromatic carbocycles. The van der Waals surface area contributed by atoms with E-state index in [-0.39, 0.29) is 29.9 Å². The number of para-hydroxylation sites is 1. The molecule has 0 spiro atoms. The molecule has 0 aromatic heterocycles. The zero-order chi connectivity index (χ0) is 23.0. The summed E-state index contributed by atoms with van der Waals surface area (Å²) in [7, 11) is -3.95. The van der Waals surface area contributed by atoms with Gasteiger partial charge in [0.15, 0.2) is 6.61 Å². The number of amides is 2. The van der Waals surface area contributed by atoms with Crippen molar-refractivity contribution < 1.29 is 22.7 Å². The third-order valence-corrected chi connectivity index (χ3v) is 8.04. The van der Waals surface area contributed by atoms with Crippen LogP contribution in [0.5, 0.6) is 5.75 Å². The zero-order valence-corrected chi connectivity index (χ0v) is 19.2. The predicted octanol–water partition coefficient (Wildman–Crippen LogP) is 2.99. The fourth-order valence-electron chi connectivity index (χ4n) is 4.32. The Hall–Kier alpha value is -2.91. The van der Waals surface area contributed by atoms with E-state index < -0.39 is 16.1 Å². The zero-order valence-electron chi connectivity index (χ0n) is 18.4. The quantitative estimate of drug-likeness (QED) is 0.718. The van der Waals surface area contributed by atoms with Crippen molar-refractivity contribution >= 4 is 33.2 Å². The van der Waals surface area contributed by atoms with Crippen LogP contribution in [0.2, 0.25) is 0 Å². The molecule has 1 fully saturated rings. The number of carbonyl (C=O) groups is 2. The van der Waals surface area contributed by atoms with Gasteiger partial charge in [0, 0.05) is 18.3 Å². The van der Waals surface area contributed by atoms with Gasteiger partial charge in [0.1, 0.15) is 11.8 Å². The normalized spacial score (nSPS) is 18.6. The van der Waals surface area contributed by atoms with Crippen molar-refractivity contribution in [1.29, 1.82) is 0 Å². The number of hydrogen-bond donors (Lipinski definition) is 2. The molecule has 2 amide bonds. The Labute approximate surface area is 188 Å². The minimum atomic E-state index is -3.95. The van der Waals surface area contributed by atoms with Gasteiger partial charge in [-0.2, -0.15) is 4.31 Å². The highest BCUT2D eigenvalue weighted by Crippen LogP contribution is 2.36. The van der Waals surface area contributed by atoms with Crippen LogP contribution in [0.4, 0.5) is 11.4 Å². The molecule has 1 saturated heterocycles. The first-order valence-corrected chi connectivity index (χ1v) is 12.1. The van der Waals surface area contributed by atoms with Crippen LogP contribution in [0.1, 0.15) is 36.5 Å². The van der Waals surface area contributed by atoms with E-state index in [2.05, 4.69) is 10.6 Å². The van der Waals surface area contributed by atoms with Crippen molar-refractivity contribution in [2.75, 3.05) is 23.8 Å². The van der Waals surface area contributed by atoms with E-state index in [4.69, 9.17) is 4.74 Å². The van der Waals surface area contributed by atoms with Gasteiger partial charge in [0.05, 0.1) is 10.6 Å². The number of sulfonamides is 1. The van der Waals surface area contributed by atoms with Gasteiger partial charge in [0.25, 0.3) is 5.91 Å². The van der Waals surface area contributed by atoms with E-state index >= 15 is 0 Å². The number of carbonyl (C=O) groups excluding carboxylic acids is 2. The van der Waals surface area contributed by atoms with E-state index in [1.54, 1.807) is 13.0 Å². The van der Waals surface area contributed by atoms with E-state index in [1.807, 2.05) is 32.0 Å². The molecule has 32 heavy (non-hydrogen) atoms. The van der Waals surface area contributed by atoms with Crippen molar-refractivity contribution in [2.45, 2.75) is 51.0 Å². The number of aryl methyl sites for hydroxylation is 3. The Morgan fingerprint density at radius 2 is 2.03 bits per heavy atom. The van der Waals surface area contributed by atoms with Crippen LogP contribution in [0.15, 0.2) is 35.2 Å². The third kappa shape index (κ3) is 3.98. The number of nitrogens with one attached hydrogen (secondary N) is 2. The SMILES string of the molecule is CCc1cccc(C)c1NC(=O)[C@@H]1CCCN1S(=O)(=O)c1cc2c(cc1C)NC(=O)CO2. The summed E-state index contributed by atoms with van der Waals surface area (Å²) in [6.45, 7) is 5.71. The van der Waals surface area contributed by atoms with Crippen LogP contribution in [0.3, 0.4) is 0 Å². The molecular weight excluding hydrogens is 430 g/mol. The van der Waals surface area contributed by atoms with Gasteiger partial charge in [-0.1, -0.05) is 25.1 Å². The topological polar surface area (TPSA) is 105 Å². The van der Waals surface area contributed by atoms with Crippen LogP contribution in [-0.4, -0.2) is 43.7 Å². The Kier molecular flexibility index (Phi) is 5.96. The van der Waals surface area contributed by atoms with Crippen LogP contribution < -0.4 is 15.4 Å². The Morgan fingerprint density at radius 1 is 1.25 bits per heavy atom. The van der Waals surface area contributed by atoms with Crippen molar-refractivity contribution in [3.8, 4) is 5.75 Å². The summed E-state index contributed by atoms with van der Waals surface area (Å²) >= 11 is 0. The number of anilines is 2. The molecule has 2 aliphatic heterocycles. The van der Waals surface area contributed by atoms with Gasteiger partial charge in [-0.05, 0) is 55.9 Å². The van der Waals surface area contributed by atoms with Crippen molar-refractivity contribution in [2.24, 2.45) is 0 Å². The minimum Gasteiger partial charge on any atom is -0.482 e. The van der Waals surface area contributed by atoms with Gasteiger partial charge >= 0.3 is 0 Å². The Bertz CT molecular complexity index is 1190. The highest BCUT2D eigenvalue weighted by atomic mass is 32.2. The second-order valence-electron chi connectivity index (χ2n) is 8.18. The average molecular weight is 458 g/mol. The highest BCUT2D eigenvalue weighted by molar-refractivity contribution is 7.89. The maximum absolute atomic E-state index is 13.6. The first-order chi connectivity index (χ1) is 15.2. The molecule has 0 saturated carbocycles. The summed E-state index contributed by atoms with van der Waals surface area (Å²) in [6, 6.07) is 8.06. The summed E-state index contributed by atoms with van der Waals surface area (Å²) in [5.41, 5.74) is 3.62. The second-order valence-corrected chi connectivity index (χ2v) is 10.0. The smallest absolute Gasteiger partial charge is 0.262 e. The van der Waals surface area contributed by atoms with E-state index in [0.717, 1.165) is 23.2 Å².